The molecule has 2 N–H and O–H groups in total. The number of benzene rings is 2. The van der Waals surface area contributed by atoms with Crippen LogP contribution < -0.4 is 10.5 Å². The van der Waals surface area contributed by atoms with Crippen molar-refractivity contribution in [3.05, 3.63) is 70.2 Å². The van der Waals surface area contributed by atoms with Gasteiger partial charge in [-0.1, -0.05) is 52.3 Å². The first-order valence-electron chi connectivity index (χ1n) is 6.12. The molecule has 2 rings (SSSR count). The maximum Gasteiger partial charge on any atom is 0.120 e. The van der Waals surface area contributed by atoms with E-state index in [2.05, 4.69) is 28.1 Å². The van der Waals surface area contributed by atoms with Crippen LogP contribution >= 0.6 is 15.9 Å². The van der Waals surface area contributed by atoms with Crippen LogP contribution in [-0.4, -0.2) is 6.61 Å². The summed E-state index contributed by atoms with van der Waals surface area (Å²) in [5.74, 6) is 0.835. The van der Waals surface area contributed by atoms with Crippen LogP contribution in [0.3, 0.4) is 0 Å². The molecule has 98 valence electrons. The number of hydrogen-bond acceptors (Lipinski definition) is 2. The van der Waals surface area contributed by atoms with Crippen molar-refractivity contribution in [2.24, 2.45) is 5.73 Å². The van der Waals surface area contributed by atoms with Crippen molar-refractivity contribution in [3.8, 4) is 5.75 Å². The third kappa shape index (κ3) is 4.23. The first-order valence-corrected chi connectivity index (χ1v) is 6.92. The Balaban J connectivity index is 1.91. The van der Waals surface area contributed by atoms with Crippen LogP contribution in [0.15, 0.2) is 59.1 Å². The number of hydrogen-bond donors (Lipinski definition) is 1. The van der Waals surface area contributed by atoms with Gasteiger partial charge in [-0.05, 0) is 35.4 Å². The zero-order chi connectivity index (χ0) is 13.5. The van der Waals surface area contributed by atoms with Gasteiger partial charge in [0.15, 0.2) is 0 Å². The summed E-state index contributed by atoms with van der Waals surface area (Å²) < 4.78 is 6.68. The fourth-order valence-corrected chi connectivity index (χ4v) is 2.10. The van der Waals surface area contributed by atoms with E-state index < -0.39 is 0 Å². The van der Waals surface area contributed by atoms with Gasteiger partial charge in [-0.25, -0.2) is 0 Å². The highest BCUT2D eigenvalue weighted by atomic mass is 79.9. The maximum absolute atomic E-state index is 5.66. The molecule has 3 heteroatoms. The number of ether oxygens (including phenoxy) is 1. The van der Waals surface area contributed by atoms with Crippen LogP contribution in [0.2, 0.25) is 0 Å². The number of halogens is 1. The first kappa shape index (κ1) is 13.8. The summed E-state index contributed by atoms with van der Waals surface area (Å²) >= 11 is 3.45. The molecular formula is C16H16BrNO. The van der Waals surface area contributed by atoms with E-state index in [-0.39, 0.29) is 0 Å². The lowest BCUT2D eigenvalue weighted by molar-refractivity contribution is 0.363. The first-order chi connectivity index (χ1) is 9.29. The third-order valence-electron chi connectivity index (χ3n) is 2.69. The Labute approximate surface area is 122 Å². The number of rotatable bonds is 5. The van der Waals surface area contributed by atoms with Crippen LogP contribution in [0.4, 0.5) is 0 Å². The Kier molecular flexibility index (Phi) is 5.19. The van der Waals surface area contributed by atoms with E-state index in [1.165, 1.54) is 5.56 Å². The third-order valence-corrected chi connectivity index (χ3v) is 3.47. The Morgan fingerprint density at radius 2 is 1.89 bits per heavy atom. The molecule has 2 aromatic carbocycles. The topological polar surface area (TPSA) is 35.2 Å². The largest absolute Gasteiger partial charge is 0.490 e. The maximum atomic E-state index is 5.66. The lowest BCUT2D eigenvalue weighted by atomic mass is 10.2. The predicted molar refractivity (Wildman–Crippen MR) is 83.0 cm³/mol. The zero-order valence-corrected chi connectivity index (χ0v) is 12.1. The molecule has 0 amide bonds. The van der Waals surface area contributed by atoms with E-state index in [0.717, 1.165) is 15.8 Å². The van der Waals surface area contributed by atoms with E-state index in [4.69, 9.17) is 10.5 Å². The lowest BCUT2D eigenvalue weighted by Gasteiger charge is -2.06. The second-order valence-corrected chi connectivity index (χ2v) is 4.94. The van der Waals surface area contributed by atoms with Gasteiger partial charge < -0.3 is 10.5 Å². The van der Waals surface area contributed by atoms with Gasteiger partial charge in [0.05, 0.1) is 0 Å². The number of nitrogens with two attached hydrogens (primary N) is 1. The molecule has 0 saturated carbocycles. The van der Waals surface area contributed by atoms with Crippen molar-refractivity contribution in [2.75, 3.05) is 6.61 Å². The normalized spacial score (nSPS) is 10.8. The van der Waals surface area contributed by atoms with Gasteiger partial charge in [0, 0.05) is 11.0 Å². The fourth-order valence-electron chi connectivity index (χ4n) is 1.69. The standard InChI is InChI=1S/C16H16BrNO/c17-16-9-8-15(11-14(16)12-18)19-10-4-7-13-5-2-1-3-6-13/h1-9,11H,10,12,18H2/b7-4+. The summed E-state index contributed by atoms with van der Waals surface area (Å²) in [6, 6.07) is 16.0. The summed E-state index contributed by atoms with van der Waals surface area (Å²) in [7, 11) is 0. The van der Waals surface area contributed by atoms with Crippen LogP contribution in [0.25, 0.3) is 6.08 Å². The summed E-state index contributed by atoms with van der Waals surface area (Å²) in [5, 5.41) is 0. The molecule has 0 heterocycles. The van der Waals surface area contributed by atoms with E-state index in [1.807, 2.05) is 48.6 Å². The molecule has 0 fully saturated rings. The van der Waals surface area contributed by atoms with Gasteiger partial charge in [-0.15, -0.1) is 0 Å². The highest BCUT2D eigenvalue weighted by Gasteiger charge is 1.99. The van der Waals surface area contributed by atoms with Gasteiger partial charge in [-0.3, -0.25) is 0 Å². The summed E-state index contributed by atoms with van der Waals surface area (Å²) in [4.78, 5) is 0. The zero-order valence-electron chi connectivity index (χ0n) is 10.6. The Bertz CT molecular complexity index is 552. The van der Waals surface area contributed by atoms with E-state index in [1.54, 1.807) is 0 Å². The van der Waals surface area contributed by atoms with Gasteiger partial charge >= 0.3 is 0 Å². The van der Waals surface area contributed by atoms with Gasteiger partial charge in [0.25, 0.3) is 0 Å². The molecule has 0 unspecified atom stereocenters. The van der Waals surface area contributed by atoms with Crippen molar-refractivity contribution in [2.45, 2.75) is 6.54 Å². The molecule has 0 radical (unpaired) electrons. The van der Waals surface area contributed by atoms with Crippen molar-refractivity contribution in [3.63, 3.8) is 0 Å². The second-order valence-electron chi connectivity index (χ2n) is 4.08. The van der Waals surface area contributed by atoms with Gasteiger partial charge in [-0.2, -0.15) is 0 Å². The van der Waals surface area contributed by atoms with Crippen molar-refractivity contribution in [1.29, 1.82) is 0 Å². The molecule has 0 aliphatic carbocycles. The highest BCUT2D eigenvalue weighted by molar-refractivity contribution is 9.10. The second kappa shape index (κ2) is 7.12. The van der Waals surface area contributed by atoms with Crippen molar-refractivity contribution in [1.82, 2.24) is 0 Å². The van der Waals surface area contributed by atoms with E-state index in [9.17, 15) is 0 Å². The molecule has 2 nitrogen and oxygen atoms in total. The van der Waals surface area contributed by atoms with Crippen LogP contribution in [0.1, 0.15) is 11.1 Å². The average Bonchev–Trinajstić information content (AvgIpc) is 2.46. The molecule has 0 bridgehead atoms. The van der Waals surface area contributed by atoms with E-state index >= 15 is 0 Å². The van der Waals surface area contributed by atoms with Crippen LogP contribution in [-0.2, 0) is 6.54 Å². The minimum Gasteiger partial charge on any atom is -0.490 e. The van der Waals surface area contributed by atoms with E-state index in [0.29, 0.717) is 13.2 Å². The predicted octanol–water partition coefficient (Wildman–Crippen LogP) is 4.00. The average molecular weight is 318 g/mol. The van der Waals surface area contributed by atoms with Crippen LogP contribution in [0, 0.1) is 0 Å². The highest BCUT2D eigenvalue weighted by Crippen LogP contribution is 2.22. The Morgan fingerprint density at radius 3 is 2.63 bits per heavy atom. The minimum absolute atomic E-state index is 0.498. The fraction of sp³-hybridized carbons (Fsp3) is 0.125. The monoisotopic (exact) mass is 317 g/mol. The minimum atomic E-state index is 0.498. The SMILES string of the molecule is NCc1cc(OC/C=C/c2ccccc2)ccc1Br. The summed E-state index contributed by atoms with van der Waals surface area (Å²) in [5.41, 5.74) is 7.87. The molecule has 0 spiro atoms. The van der Waals surface area contributed by atoms with Crippen molar-refractivity contribution < 1.29 is 4.74 Å². The van der Waals surface area contributed by atoms with Gasteiger partial charge in [0.1, 0.15) is 12.4 Å². The van der Waals surface area contributed by atoms with Crippen LogP contribution in [0.5, 0.6) is 5.75 Å². The molecule has 0 aromatic heterocycles. The Morgan fingerprint density at radius 1 is 1.11 bits per heavy atom. The molecule has 2 aromatic rings. The molecule has 0 saturated heterocycles. The molecule has 0 aliphatic heterocycles. The summed E-state index contributed by atoms with van der Waals surface area (Å²) in [6.07, 6.45) is 4.04. The molecule has 19 heavy (non-hydrogen) atoms. The Hall–Kier alpha value is -1.58. The molecule has 0 aliphatic rings. The lowest BCUT2D eigenvalue weighted by Crippen LogP contribution is -1.99. The summed E-state index contributed by atoms with van der Waals surface area (Å²) in [6.45, 7) is 1.04. The van der Waals surface area contributed by atoms with Gasteiger partial charge in [0.2, 0.25) is 0 Å². The quantitative estimate of drug-likeness (QED) is 0.904. The molecular weight excluding hydrogens is 302 g/mol. The molecule has 0 atom stereocenters. The smallest absolute Gasteiger partial charge is 0.120 e. The van der Waals surface area contributed by atoms with Crippen molar-refractivity contribution >= 4 is 22.0 Å².